The van der Waals surface area contributed by atoms with Gasteiger partial charge in [-0.1, -0.05) is 30.3 Å². The molecule has 1 saturated carbocycles. The van der Waals surface area contributed by atoms with Crippen LogP contribution in [0.4, 0.5) is 0 Å². The molecule has 1 unspecified atom stereocenters. The van der Waals surface area contributed by atoms with Crippen molar-refractivity contribution in [1.29, 1.82) is 0 Å². The number of benzene rings is 1. The fraction of sp³-hybridized carbons (Fsp3) is 0.250. The minimum atomic E-state index is -0.972. The van der Waals surface area contributed by atoms with Gasteiger partial charge in [0, 0.05) is 5.69 Å². The van der Waals surface area contributed by atoms with E-state index in [0.29, 0.717) is 5.69 Å². The van der Waals surface area contributed by atoms with E-state index in [0.717, 1.165) is 24.1 Å². The number of aliphatic carboxylic acids is 1. The predicted octanol–water partition coefficient (Wildman–Crippen LogP) is 2.27. The van der Waals surface area contributed by atoms with Gasteiger partial charge in [-0.2, -0.15) is 0 Å². The molecule has 1 aliphatic carbocycles. The minimum Gasteiger partial charge on any atom is -0.480 e. The number of carbonyl (C=O) groups is 2. The van der Waals surface area contributed by atoms with Crippen LogP contribution < -0.4 is 5.32 Å². The topological polar surface area (TPSA) is 82.2 Å². The first-order valence-electron chi connectivity index (χ1n) is 6.93. The highest BCUT2D eigenvalue weighted by atomic mass is 16.4. The van der Waals surface area contributed by atoms with Crippen molar-refractivity contribution in [1.82, 2.24) is 10.3 Å². The summed E-state index contributed by atoms with van der Waals surface area (Å²) in [6.07, 6.45) is 1.72. The van der Waals surface area contributed by atoms with Gasteiger partial charge in [0.15, 0.2) is 0 Å². The van der Waals surface area contributed by atoms with Crippen LogP contribution in [-0.4, -0.2) is 28.0 Å². The van der Waals surface area contributed by atoms with E-state index in [1.54, 1.807) is 6.07 Å². The van der Waals surface area contributed by atoms with Crippen LogP contribution in [-0.2, 0) is 4.79 Å². The lowest BCUT2D eigenvalue weighted by molar-refractivity contribution is -0.139. The van der Waals surface area contributed by atoms with Crippen LogP contribution >= 0.6 is 0 Å². The maximum atomic E-state index is 12.1. The molecule has 1 heterocycles. The average Bonchev–Trinajstić information content (AvgIpc) is 3.20. The van der Waals surface area contributed by atoms with Crippen LogP contribution in [0, 0.1) is 5.92 Å². The first-order valence-corrected chi connectivity index (χ1v) is 6.93. The molecule has 3 N–H and O–H groups in total. The second-order valence-corrected chi connectivity index (χ2v) is 5.28. The Morgan fingerprint density at radius 2 is 1.86 bits per heavy atom. The Labute approximate surface area is 122 Å². The Hall–Kier alpha value is -2.56. The molecule has 108 valence electrons. The number of nitrogens with one attached hydrogen (secondary N) is 2. The molecule has 0 bridgehead atoms. The zero-order valence-corrected chi connectivity index (χ0v) is 11.4. The summed E-state index contributed by atoms with van der Waals surface area (Å²) in [6, 6.07) is 12.3. The van der Waals surface area contributed by atoms with Crippen molar-refractivity contribution < 1.29 is 14.7 Å². The lowest BCUT2D eigenvalue weighted by atomic mass is 10.2. The van der Waals surface area contributed by atoms with Crippen molar-refractivity contribution in [3.63, 3.8) is 0 Å². The van der Waals surface area contributed by atoms with Gasteiger partial charge in [-0.05, 0) is 36.5 Å². The molecule has 1 fully saturated rings. The van der Waals surface area contributed by atoms with Gasteiger partial charge >= 0.3 is 5.97 Å². The lowest BCUT2D eigenvalue weighted by Crippen LogP contribution is -2.42. The van der Waals surface area contributed by atoms with E-state index in [-0.39, 0.29) is 11.8 Å². The quantitative estimate of drug-likeness (QED) is 0.787. The predicted molar refractivity (Wildman–Crippen MR) is 77.8 cm³/mol. The van der Waals surface area contributed by atoms with Crippen LogP contribution in [0.5, 0.6) is 0 Å². The van der Waals surface area contributed by atoms with Gasteiger partial charge in [0.05, 0.1) is 0 Å². The molecule has 5 nitrogen and oxygen atoms in total. The number of hydrogen-bond acceptors (Lipinski definition) is 2. The van der Waals surface area contributed by atoms with Gasteiger partial charge in [-0.3, -0.25) is 4.79 Å². The van der Waals surface area contributed by atoms with Gasteiger partial charge in [-0.15, -0.1) is 0 Å². The van der Waals surface area contributed by atoms with Crippen molar-refractivity contribution >= 4 is 11.9 Å². The van der Waals surface area contributed by atoms with Crippen molar-refractivity contribution in [3.05, 3.63) is 48.2 Å². The van der Waals surface area contributed by atoms with Crippen LogP contribution in [0.15, 0.2) is 42.5 Å². The summed E-state index contributed by atoms with van der Waals surface area (Å²) in [5.41, 5.74) is 2.19. The largest absolute Gasteiger partial charge is 0.480 e. The number of carboxylic acids is 1. The Morgan fingerprint density at radius 3 is 2.48 bits per heavy atom. The Morgan fingerprint density at radius 1 is 1.14 bits per heavy atom. The van der Waals surface area contributed by atoms with Gasteiger partial charge in [-0.25, -0.2) is 4.79 Å². The summed E-state index contributed by atoms with van der Waals surface area (Å²) >= 11 is 0. The zero-order valence-electron chi connectivity index (χ0n) is 11.4. The minimum absolute atomic E-state index is 0.0648. The molecular formula is C16H16N2O3. The summed E-state index contributed by atoms with van der Waals surface area (Å²) in [6.45, 7) is 0. The van der Waals surface area contributed by atoms with Gasteiger partial charge in [0.1, 0.15) is 11.7 Å². The maximum Gasteiger partial charge on any atom is 0.326 e. The van der Waals surface area contributed by atoms with Crippen molar-refractivity contribution in [2.24, 2.45) is 5.92 Å². The molecule has 0 spiro atoms. The number of H-pyrrole nitrogens is 1. The van der Waals surface area contributed by atoms with Crippen molar-refractivity contribution in [2.75, 3.05) is 0 Å². The number of carbonyl (C=O) groups excluding carboxylic acids is 1. The monoisotopic (exact) mass is 284 g/mol. The molecule has 0 saturated heterocycles. The number of rotatable bonds is 5. The van der Waals surface area contributed by atoms with E-state index in [1.165, 1.54) is 0 Å². The van der Waals surface area contributed by atoms with E-state index in [9.17, 15) is 9.59 Å². The summed E-state index contributed by atoms with van der Waals surface area (Å²) in [5.74, 6) is -1.29. The van der Waals surface area contributed by atoms with Gasteiger partial charge in [0.2, 0.25) is 0 Å². The molecular weight excluding hydrogens is 268 g/mol. The third kappa shape index (κ3) is 2.97. The van der Waals surface area contributed by atoms with Crippen LogP contribution in [0.25, 0.3) is 11.3 Å². The van der Waals surface area contributed by atoms with Crippen LogP contribution in [0.1, 0.15) is 23.3 Å². The highest BCUT2D eigenvalue weighted by molar-refractivity contribution is 5.96. The Balaban J connectivity index is 1.73. The lowest BCUT2D eigenvalue weighted by Gasteiger charge is -2.12. The Kier molecular flexibility index (Phi) is 3.48. The molecule has 1 aliphatic rings. The van der Waals surface area contributed by atoms with E-state index in [2.05, 4.69) is 10.3 Å². The SMILES string of the molecule is O=C(NC(C(=O)O)C1CC1)c1ccc(-c2ccccc2)[nH]1. The van der Waals surface area contributed by atoms with Crippen molar-refractivity contribution in [2.45, 2.75) is 18.9 Å². The first kappa shape index (κ1) is 13.4. The second-order valence-electron chi connectivity index (χ2n) is 5.28. The third-order valence-electron chi connectivity index (χ3n) is 3.66. The molecule has 0 radical (unpaired) electrons. The molecule has 1 aromatic carbocycles. The maximum absolute atomic E-state index is 12.1. The smallest absolute Gasteiger partial charge is 0.326 e. The number of aromatic nitrogens is 1. The summed E-state index contributed by atoms with van der Waals surface area (Å²) in [4.78, 5) is 26.3. The summed E-state index contributed by atoms with van der Waals surface area (Å²) < 4.78 is 0. The van der Waals surface area contributed by atoms with E-state index >= 15 is 0 Å². The van der Waals surface area contributed by atoms with E-state index < -0.39 is 12.0 Å². The molecule has 5 heteroatoms. The fourth-order valence-corrected chi connectivity index (χ4v) is 2.34. The molecule has 2 aromatic rings. The first-order chi connectivity index (χ1) is 10.1. The molecule has 21 heavy (non-hydrogen) atoms. The van der Waals surface area contributed by atoms with E-state index in [4.69, 9.17) is 5.11 Å². The Bertz CT molecular complexity index is 659. The number of aromatic amines is 1. The zero-order chi connectivity index (χ0) is 14.8. The number of amides is 1. The summed E-state index contributed by atoms with van der Waals surface area (Å²) in [7, 11) is 0. The normalized spacial score (nSPS) is 15.4. The number of hydrogen-bond donors (Lipinski definition) is 3. The molecule has 1 aromatic heterocycles. The number of carboxylic acid groups (broad SMARTS) is 1. The molecule has 1 atom stereocenters. The third-order valence-corrected chi connectivity index (χ3v) is 3.66. The molecule has 1 amide bonds. The van der Waals surface area contributed by atoms with Crippen LogP contribution in [0.2, 0.25) is 0 Å². The molecule has 3 rings (SSSR count). The van der Waals surface area contributed by atoms with Gasteiger partial charge < -0.3 is 15.4 Å². The van der Waals surface area contributed by atoms with Gasteiger partial charge in [0.25, 0.3) is 5.91 Å². The molecule has 0 aliphatic heterocycles. The fourth-order valence-electron chi connectivity index (χ4n) is 2.34. The second kappa shape index (κ2) is 5.44. The standard InChI is InChI=1S/C16H16N2O3/c19-15(18-14(16(20)21)11-6-7-11)13-9-8-12(17-13)10-4-2-1-3-5-10/h1-5,8-9,11,14,17H,6-7H2,(H,18,19)(H,20,21). The van der Waals surface area contributed by atoms with Crippen molar-refractivity contribution in [3.8, 4) is 11.3 Å². The highest BCUT2D eigenvalue weighted by Gasteiger charge is 2.37. The summed E-state index contributed by atoms with van der Waals surface area (Å²) in [5, 5.41) is 11.7. The van der Waals surface area contributed by atoms with E-state index in [1.807, 2.05) is 36.4 Å². The highest BCUT2D eigenvalue weighted by Crippen LogP contribution is 2.32. The average molecular weight is 284 g/mol. The van der Waals surface area contributed by atoms with Crippen LogP contribution in [0.3, 0.4) is 0 Å².